The van der Waals surface area contributed by atoms with E-state index in [0.29, 0.717) is 19.6 Å². The van der Waals surface area contributed by atoms with Crippen LogP contribution in [0.15, 0.2) is 67.0 Å². The largest absolute Gasteiger partial charge is 0.380 e. The summed E-state index contributed by atoms with van der Waals surface area (Å²) in [6, 6.07) is 17.2. The Morgan fingerprint density at radius 2 is 1.79 bits per heavy atom. The van der Waals surface area contributed by atoms with Crippen LogP contribution in [0.4, 0.5) is 0 Å². The molecule has 0 spiro atoms. The number of carbonyl (C=O) groups excluding carboxylic acids is 2. The van der Waals surface area contributed by atoms with E-state index in [2.05, 4.69) is 5.10 Å². The molecule has 0 aliphatic carbocycles. The first-order valence-corrected chi connectivity index (χ1v) is 11.1. The summed E-state index contributed by atoms with van der Waals surface area (Å²) >= 11 is 0. The number of ether oxygens (including phenoxy) is 1. The van der Waals surface area contributed by atoms with Crippen LogP contribution in [-0.4, -0.2) is 61.9 Å². The number of morpholine rings is 1. The predicted molar refractivity (Wildman–Crippen MR) is 120 cm³/mol. The molecule has 2 aliphatic rings. The molecule has 8 nitrogen and oxygen atoms in total. The number of nitrogens with zero attached hydrogens (tertiary/aromatic N) is 4. The second-order valence-corrected chi connectivity index (χ2v) is 8.45. The standard InChI is InChI=1S/C25H26N4O4/c1-17(18-7-9-21(10-8-18)29-12-4-11-26-29)28-13-14-33-23(25(28)32)22(30)24(31)27-15-19-5-2-3-6-20(19)16-27/h2-12,17,22-23,30H,13-16H2,1H3/t17-,22?,23-/m1/s1. The number of aromatic nitrogens is 2. The van der Waals surface area contributed by atoms with E-state index < -0.39 is 18.1 Å². The molecule has 1 saturated heterocycles. The quantitative estimate of drug-likeness (QED) is 0.648. The van der Waals surface area contributed by atoms with Gasteiger partial charge in [-0.2, -0.15) is 5.10 Å². The maximum absolute atomic E-state index is 13.2. The molecule has 170 valence electrons. The Morgan fingerprint density at radius 3 is 2.42 bits per heavy atom. The molecule has 3 aromatic rings. The Labute approximate surface area is 192 Å². The second-order valence-electron chi connectivity index (χ2n) is 8.45. The number of rotatable bonds is 5. The van der Waals surface area contributed by atoms with Gasteiger partial charge < -0.3 is 19.6 Å². The number of benzene rings is 2. The van der Waals surface area contributed by atoms with Gasteiger partial charge in [0.15, 0.2) is 12.2 Å². The SMILES string of the molecule is C[C@H](c1ccc(-n2cccn2)cc1)N1CCO[C@H](C(O)C(=O)N2Cc3ccccc3C2)C1=O. The van der Waals surface area contributed by atoms with Crippen molar-refractivity contribution in [1.29, 1.82) is 0 Å². The Balaban J connectivity index is 1.27. The molecule has 1 N–H and O–H groups in total. The normalized spacial score (nSPS) is 19.9. The average Bonchev–Trinajstić information content (AvgIpc) is 3.53. The van der Waals surface area contributed by atoms with Gasteiger partial charge in [0.25, 0.3) is 11.8 Å². The minimum Gasteiger partial charge on any atom is -0.380 e. The smallest absolute Gasteiger partial charge is 0.255 e. The lowest BCUT2D eigenvalue weighted by atomic mass is 10.0. The zero-order valence-corrected chi connectivity index (χ0v) is 18.4. The summed E-state index contributed by atoms with van der Waals surface area (Å²) in [5.41, 5.74) is 4.00. The van der Waals surface area contributed by atoms with Crippen LogP contribution < -0.4 is 0 Å². The Kier molecular flexibility index (Phi) is 5.70. The van der Waals surface area contributed by atoms with Crippen molar-refractivity contribution in [2.75, 3.05) is 13.2 Å². The molecule has 3 heterocycles. The molecule has 1 unspecified atom stereocenters. The third-order valence-corrected chi connectivity index (χ3v) is 6.46. The molecule has 0 saturated carbocycles. The van der Waals surface area contributed by atoms with E-state index in [1.165, 1.54) is 0 Å². The first-order chi connectivity index (χ1) is 16.0. The molecular formula is C25H26N4O4. The molecule has 3 atom stereocenters. The minimum atomic E-state index is -1.54. The van der Waals surface area contributed by atoms with Crippen LogP contribution in [0.25, 0.3) is 5.69 Å². The van der Waals surface area contributed by atoms with Gasteiger partial charge in [0.1, 0.15) is 0 Å². The van der Waals surface area contributed by atoms with Crippen LogP contribution in [0.1, 0.15) is 29.7 Å². The number of hydrogen-bond acceptors (Lipinski definition) is 5. The minimum absolute atomic E-state index is 0.228. The highest BCUT2D eigenvalue weighted by Gasteiger charge is 2.42. The van der Waals surface area contributed by atoms with E-state index in [-0.39, 0.29) is 18.6 Å². The van der Waals surface area contributed by atoms with Crippen LogP contribution >= 0.6 is 0 Å². The molecule has 2 amide bonds. The fraction of sp³-hybridized carbons (Fsp3) is 0.320. The third kappa shape index (κ3) is 4.03. The number of aliphatic hydroxyl groups excluding tert-OH is 1. The maximum atomic E-state index is 13.2. The van der Waals surface area contributed by atoms with Crippen LogP contribution in [-0.2, 0) is 27.4 Å². The molecule has 5 rings (SSSR count). The molecule has 2 aromatic carbocycles. The lowest BCUT2D eigenvalue weighted by Crippen LogP contribution is -2.56. The van der Waals surface area contributed by atoms with Crippen LogP contribution in [0.3, 0.4) is 0 Å². The third-order valence-electron chi connectivity index (χ3n) is 6.46. The highest BCUT2D eigenvalue weighted by Crippen LogP contribution is 2.27. The summed E-state index contributed by atoms with van der Waals surface area (Å²) in [5, 5.41) is 15.0. The number of amides is 2. The van der Waals surface area contributed by atoms with Crippen molar-refractivity contribution >= 4 is 11.8 Å². The van der Waals surface area contributed by atoms with Gasteiger partial charge in [0.05, 0.1) is 18.3 Å². The maximum Gasteiger partial charge on any atom is 0.255 e. The summed E-state index contributed by atoms with van der Waals surface area (Å²) in [6.45, 7) is 3.45. The highest BCUT2D eigenvalue weighted by atomic mass is 16.5. The van der Waals surface area contributed by atoms with Crippen molar-refractivity contribution in [1.82, 2.24) is 19.6 Å². The van der Waals surface area contributed by atoms with E-state index in [1.807, 2.05) is 67.7 Å². The van der Waals surface area contributed by atoms with E-state index in [1.54, 1.807) is 20.7 Å². The number of hydrogen-bond donors (Lipinski definition) is 1. The summed E-state index contributed by atoms with van der Waals surface area (Å²) < 4.78 is 7.36. The van der Waals surface area contributed by atoms with E-state index in [0.717, 1.165) is 22.4 Å². The summed E-state index contributed by atoms with van der Waals surface area (Å²) in [5.74, 6) is -0.856. The van der Waals surface area contributed by atoms with E-state index >= 15 is 0 Å². The van der Waals surface area contributed by atoms with Crippen molar-refractivity contribution in [2.24, 2.45) is 0 Å². The molecule has 8 heteroatoms. The van der Waals surface area contributed by atoms with Crippen LogP contribution in [0, 0.1) is 0 Å². The van der Waals surface area contributed by atoms with Gasteiger partial charge in [-0.1, -0.05) is 36.4 Å². The Hall–Kier alpha value is -3.49. The highest BCUT2D eigenvalue weighted by molar-refractivity contribution is 5.91. The van der Waals surface area contributed by atoms with Gasteiger partial charge in [0.2, 0.25) is 0 Å². The second kappa shape index (κ2) is 8.80. The Bertz CT molecular complexity index is 1120. The average molecular weight is 447 g/mol. The van der Waals surface area contributed by atoms with Crippen molar-refractivity contribution in [3.8, 4) is 5.69 Å². The van der Waals surface area contributed by atoms with E-state index in [4.69, 9.17) is 4.74 Å². The van der Waals surface area contributed by atoms with Gasteiger partial charge in [-0.15, -0.1) is 0 Å². The van der Waals surface area contributed by atoms with Crippen molar-refractivity contribution in [3.63, 3.8) is 0 Å². The first kappa shape index (κ1) is 21.4. The fourth-order valence-electron chi connectivity index (χ4n) is 4.55. The van der Waals surface area contributed by atoms with Crippen LogP contribution in [0.5, 0.6) is 0 Å². The van der Waals surface area contributed by atoms with Gasteiger partial charge in [-0.25, -0.2) is 4.68 Å². The number of carbonyl (C=O) groups is 2. The molecular weight excluding hydrogens is 420 g/mol. The molecule has 33 heavy (non-hydrogen) atoms. The van der Waals surface area contributed by atoms with Gasteiger partial charge in [-0.05, 0) is 41.8 Å². The Morgan fingerprint density at radius 1 is 1.09 bits per heavy atom. The van der Waals surface area contributed by atoms with E-state index in [9.17, 15) is 14.7 Å². The fourth-order valence-corrected chi connectivity index (χ4v) is 4.55. The van der Waals surface area contributed by atoms with Crippen LogP contribution in [0.2, 0.25) is 0 Å². The predicted octanol–water partition coefficient (Wildman–Crippen LogP) is 2.06. The molecule has 2 aliphatic heterocycles. The molecule has 0 radical (unpaired) electrons. The lowest BCUT2D eigenvalue weighted by Gasteiger charge is -2.38. The van der Waals surface area contributed by atoms with Crippen molar-refractivity contribution in [2.45, 2.75) is 38.3 Å². The van der Waals surface area contributed by atoms with Gasteiger partial charge in [0, 0.05) is 32.0 Å². The zero-order chi connectivity index (χ0) is 22.9. The van der Waals surface area contributed by atoms with Gasteiger partial charge >= 0.3 is 0 Å². The number of aliphatic hydroxyl groups is 1. The summed E-state index contributed by atoms with van der Waals surface area (Å²) in [4.78, 5) is 29.4. The zero-order valence-electron chi connectivity index (χ0n) is 18.4. The number of fused-ring (bicyclic) bond motifs is 1. The summed E-state index contributed by atoms with van der Waals surface area (Å²) in [7, 11) is 0. The monoisotopic (exact) mass is 446 g/mol. The summed E-state index contributed by atoms with van der Waals surface area (Å²) in [6.07, 6.45) is 0.840. The first-order valence-electron chi connectivity index (χ1n) is 11.1. The molecule has 0 bridgehead atoms. The molecule has 1 fully saturated rings. The topological polar surface area (TPSA) is 87.9 Å². The van der Waals surface area contributed by atoms with Crippen molar-refractivity contribution in [3.05, 3.63) is 83.7 Å². The molecule has 1 aromatic heterocycles. The van der Waals surface area contributed by atoms with Crippen molar-refractivity contribution < 1.29 is 19.4 Å². The lowest BCUT2D eigenvalue weighted by molar-refractivity contribution is -0.173. The van der Waals surface area contributed by atoms with Gasteiger partial charge in [-0.3, -0.25) is 9.59 Å².